The molecule has 22 nitrogen and oxygen atoms in total. The van der Waals surface area contributed by atoms with Crippen LogP contribution in [0.5, 0.6) is 0 Å². The number of aromatic nitrogens is 3. The first-order valence-electron chi connectivity index (χ1n) is 37.0. The average Bonchev–Trinajstić information content (AvgIpc) is 1.22. The molecule has 1 saturated carbocycles. The molecule has 17 rings (SSSR count). The van der Waals surface area contributed by atoms with Crippen molar-refractivity contribution < 1.29 is 19.2 Å². The number of guanidine groups is 4. The Kier molecular flexibility index (Phi) is 21.8. The normalized spacial score (nSPS) is 22.0. The van der Waals surface area contributed by atoms with Gasteiger partial charge in [0.25, 0.3) is 0 Å². The Morgan fingerprint density at radius 1 is 0.443 bits per heavy atom. The van der Waals surface area contributed by atoms with Crippen molar-refractivity contribution in [2.45, 2.75) is 86.9 Å². The van der Waals surface area contributed by atoms with E-state index in [1.165, 1.54) is 74.0 Å². The monoisotopic (exact) mass is 1590 g/mol. The summed E-state index contributed by atoms with van der Waals surface area (Å²) < 4.78 is 1.26. The summed E-state index contributed by atoms with van der Waals surface area (Å²) in [6, 6.07) is 66.7. The third kappa shape index (κ3) is 15.6. The van der Waals surface area contributed by atoms with E-state index in [2.05, 4.69) is 81.3 Å². The van der Waals surface area contributed by atoms with Crippen LogP contribution in [0.2, 0.25) is 0 Å². The molecule has 7 atom stereocenters. The fraction of sp³-hybridized carbons (Fsp3) is 0.225. The van der Waals surface area contributed by atoms with Crippen molar-refractivity contribution in [2.24, 2.45) is 55.9 Å². The zero-order chi connectivity index (χ0) is 81.4. The van der Waals surface area contributed by atoms with Crippen molar-refractivity contribution in [3.8, 4) is 50.2 Å². The lowest BCUT2D eigenvalue weighted by molar-refractivity contribution is -0.131. The second-order valence-electron chi connectivity index (χ2n) is 29.7. The molecule has 1 fully saturated rings. The summed E-state index contributed by atoms with van der Waals surface area (Å²) >= 11 is 6.63. The number of aliphatic imine (C=N–C) groups is 4. The number of hydrogen-bond donors (Lipinski definition) is 4. The molecule has 5 aromatic heterocycles. The molecule has 5 aliphatic rings. The molecule has 576 valence electrons. The largest absolute Gasteiger partial charge is 0.369 e. The Balaban J connectivity index is 0.000000127. The minimum absolute atomic E-state index is 0.00395. The number of carbonyl (C=O) groups is 4. The molecule has 0 radical (unpaired) electrons. The van der Waals surface area contributed by atoms with Crippen molar-refractivity contribution in [3.63, 3.8) is 0 Å². The summed E-state index contributed by atoms with van der Waals surface area (Å²) in [6.07, 6.45) is 7.51. The first-order valence-corrected chi connectivity index (χ1v) is 40.6. The Hall–Kier alpha value is -13.0. The van der Waals surface area contributed by atoms with Crippen LogP contribution in [-0.2, 0) is 48.4 Å². The second-order valence-corrected chi connectivity index (χ2v) is 33.4. The van der Waals surface area contributed by atoms with Crippen LogP contribution in [-0.4, -0.2) is 110 Å². The maximum atomic E-state index is 13.5. The van der Waals surface area contributed by atoms with Gasteiger partial charge >= 0.3 is 0 Å². The van der Waals surface area contributed by atoms with Crippen LogP contribution in [0.25, 0.3) is 59.2 Å². The predicted molar refractivity (Wildman–Crippen MR) is 458 cm³/mol. The Bertz CT molecular complexity index is 5890. The van der Waals surface area contributed by atoms with Gasteiger partial charge in [-0.1, -0.05) is 121 Å². The van der Waals surface area contributed by atoms with E-state index in [1.54, 1.807) is 99.6 Å². The van der Waals surface area contributed by atoms with Gasteiger partial charge in [0.1, 0.15) is 27.7 Å². The summed E-state index contributed by atoms with van der Waals surface area (Å²) in [4.78, 5) is 81.6. The van der Waals surface area contributed by atoms with Crippen LogP contribution in [0.4, 0.5) is 0 Å². The highest BCUT2D eigenvalue weighted by molar-refractivity contribution is 7.17. The third-order valence-electron chi connectivity index (χ3n) is 22.0. The Morgan fingerprint density at radius 3 is 1.43 bits per heavy atom. The summed E-state index contributed by atoms with van der Waals surface area (Å²) in [5.74, 6) is -0.477. The van der Waals surface area contributed by atoms with E-state index in [4.69, 9.17) is 37.9 Å². The van der Waals surface area contributed by atoms with Crippen LogP contribution in [0, 0.1) is 39.9 Å². The SMILES string of the molecule is CN1C(=O)C[C@@](C)(c2ccc3scc(/C=C/C4CC4)c3c2)N=C1N.CN1C(=O)[C@@H](c2ccc(-c3cccs3)cc2)[C@@](C)(c2cccc(C#N)c2)N=C1N.CN1C(=O)[C@H](c2ccc(-c3cccs3)cc2)[C@@](C)(c2cccc(C#N)c2)N=C1N.CN1C(=O)[C@H](c2ccc3nn(C)nc3c2)[C@@](C)(c2cc(-c3cccc(C#N)c3)cs2)N=C1N. The Morgan fingerprint density at radius 2 is 0.930 bits per heavy atom. The highest BCUT2D eigenvalue weighted by atomic mass is 32.1. The van der Waals surface area contributed by atoms with Crippen LogP contribution in [0.15, 0.2) is 236 Å². The zero-order valence-electron chi connectivity index (χ0n) is 64.6. The van der Waals surface area contributed by atoms with Gasteiger partial charge < -0.3 is 22.9 Å². The van der Waals surface area contributed by atoms with Crippen LogP contribution in [0.3, 0.4) is 0 Å². The predicted octanol–water partition coefficient (Wildman–Crippen LogP) is 15.2. The van der Waals surface area contributed by atoms with Gasteiger partial charge in [-0.15, -0.1) is 45.3 Å². The summed E-state index contributed by atoms with van der Waals surface area (Å²) in [6.45, 7) is 7.73. The summed E-state index contributed by atoms with van der Waals surface area (Å²) in [7, 11) is 8.35. The molecule has 115 heavy (non-hydrogen) atoms. The molecule has 12 aromatic rings. The van der Waals surface area contributed by atoms with Gasteiger partial charge in [-0.3, -0.25) is 38.8 Å². The fourth-order valence-corrected chi connectivity index (χ4v) is 18.5. The van der Waals surface area contributed by atoms with Crippen molar-refractivity contribution in [1.82, 2.24) is 34.6 Å². The maximum absolute atomic E-state index is 13.5. The van der Waals surface area contributed by atoms with Gasteiger partial charge in [-0.2, -0.15) is 30.8 Å². The number of benzene rings is 7. The minimum atomic E-state index is -0.912. The number of nitrogens with two attached hydrogens (primary N) is 4. The molecular formula is C89H82N18O4S4. The molecule has 4 amide bonds. The van der Waals surface area contributed by atoms with Crippen molar-refractivity contribution in [2.75, 3.05) is 28.2 Å². The molecule has 0 unspecified atom stereocenters. The highest BCUT2D eigenvalue weighted by Crippen LogP contribution is 2.50. The first kappa shape index (κ1) is 78.6. The van der Waals surface area contributed by atoms with E-state index in [0.29, 0.717) is 23.1 Å². The maximum Gasteiger partial charge on any atom is 0.239 e. The molecule has 9 heterocycles. The molecule has 0 saturated heterocycles. The van der Waals surface area contributed by atoms with E-state index >= 15 is 0 Å². The number of nitrogens with zero attached hydrogens (tertiary/aromatic N) is 14. The molecular weight excluding hydrogens is 1510 g/mol. The van der Waals surface area contributed by atoms with Gasteiger partial charge in [0, 0.05) is 60.0 Å². The van der Waals surface area contributed by atoms with Gasteiger partial charge in [0.05, 0.1) is 64.6 Å². The number of nitriles is 3. The number of rotatable bonds is 12. The number of likely N-dealkylation sites (N-methyl/N-ethyl adjacent to an activating group) is 3. The number of hydrogen-bond acceptors (Lipinski definition) is 21. The van der Waals surface area contributed by atoms with Crippen LogP contribution in [0.1, 0.15) is 125 Å². The van der Waals surface area contributed by atoms with E-state index in [1.807, 2.05) is 171 Å². The zero-order valence-corrected chi connectivity index (χ0v) is 67.9. The second kappa shape index (κ2) is 31.9. The third-order valence-corrected chi connectivity index (χ3v) is 25.9. The first-order chi connectivity index (χ1) is 55.1. The summed E-state index contributed by atoms with van der Waals surface area (Å²) in [5, 5.41) is 46.1. The van der Waals surface area contributed by atoms with Crippen molar-refractivity contribution in [3.05, 3.63) is 276 Å². The van der Waals surface area contributed by atoms with Crippen molar-refractivity contribution in [1.29, 1.82) is 15.8 Å². The number of fused-ring (bicyclic) bond motifs is 2. The number of carbonyl (C=O) groups excluding carboxylic acids is 4. The van der Waals surface area contributed by atoms with Gasteiger partial charge in [-0.05, 0) is 208 Å². The van der Waals surface area contributed by atoms with Crippen LogP contribution < -0.4 is 22.9 Å². The van der Waals surface area contributed by atoms with Gasteiger partial charge in [0.15, 0.2) is 23.8 Å². The standard InChI is InChI=1S/C24H21N7OS.2C23H20N4OS.C19H21N3OS/c1-24(20-11-17(13-33-20)15-6-4-5-14(9-15)12-25)21(22(32)30(2)23(26)27-24)16-7-8-18-19(10-16)29-31(3)28-18;2*1-23(18-6-3-5-15(13-18)14-24)20(21(28)27(2)22(25)26-23)17-10-8-16(9-11-17)19-7-4-12-29-19;1-19(10-17(23)22(2)18(20)21-19)14-7-8-16-15(9-14)13(11-24-16)6-5-12-3-4-12/h4-11,13,21H,1-3H3,(H2,26,27);2*3-13,20H,1-2H3,(H2,25,26);5-9,11-12H,3-4,10H2,1-2H3,(H2,20,21)/b;;;6-5+/t21-,24+;20-,23+;20-,23-;19-/m0010/s1. The highest BCUT2D eigenvalue weighted by Gasteiger charge is 2.51. The number of amides is 4. The van der Waals surface area contributed by atoms with Crippen molar-refractivity contribution >= 4 is 120 Å². The molecule has 4 aliphatic heterocycles. The summed E-state index contributed by atoms with van der Waals surface area (Å²) in [5.41, 5.74) is 34.6. The minimum Gasteiger partial charge on any atom is -0.369 e. The fourth-order valence-electron chi connectivity index (χ4n) is 15.1. The van der Waals surface area contributed by atoms with E-state index < -0.39 is 39.9 Å². The average molecular weight is 1600 g/mol. The molecule has 1 aliphatic carbocycles. The molecule has 0 spiro atoms. The lowest BCUT2D eigenvalue weighted by Gasteiger charge is -2.41. The number of allylic oxidation sites excluding steroid dienone is 1. The smallest absolute Gasteiger partial charge is 0.239 e. The lowest BCUT2D eigenvalue weighted by Crippen LogP contribution is -2.52. The van der Waals surface area contributed by atoms with Gasteiger partial charge in [-0.25, -0.2) is 20.0 Å². The quantitative estimate of drug-likeness (QED) is 0.0885. The van der Waals surface area contributed by atoms with Gasteiger partial charge in [0.2, 0.25) is 23.6 Å². The lowest BCUT2D eigenvalue weighted by atomic mass is 9.74. The number of thiophene rings is 4. The topological polar surface area (TPSA) is 337 Å². The molecule has 0 bridgehead atoms. The molecule has 7 aromatic carbocycles. The van der Waals surface area contributed by atoms with E-state index in [9.17, 15) is 35.0 Å². The number of aryl methyl sites for hydroxylation is 1. The Labute approximate surface area is 682 Å². The van der Waals surface area contributed by atoms with E-state index in [0.717, 1.165) is 77.5 Å². The van der Waals surface area contributed by atoms with E-state index in [-0.39, 0.29) is 47.5 Å². The molecule has 26 heteroatoms. The van der Waals surface area contributed by atoms with Crippen LogP contribution >= 0.6 is 45.3 Å². The molecule has 8 N–H and O–H groups in total.